The van der Waals surface area contributed by atoms with Gasteiger partial charge < -0.3 is 10.6 Å². The molecular weight excluding hydrogens is 256 g/mol. The van der Waals surface area contributed by atoms with Crippen molar-refractivity contribution in [2.75, 3.05) is 18.1 Å². The van der Waals surface area contributed by atoms with E-state index < -0.39 is 9.84 Å². The Labute approximate surface area is 106 Å². The van der Waals surface area contributed by atoms with Crippen LogP contribution in [0.3, 0.4) is 0 Å². The predicted octanol–water partition coefficient (Wildman–Crippen LogP) is -0.794. The molecule has 1 unspecified atom stereocenters. The molecule has 18 heavy (non-hydrogen) atoms. The smallest absolute Gasteiger partial charge is 0.225 e. The molecular formula is C11H18N2O4S. The lowest BCUT2D eigenvalue weighted by Crippen LogP contribution is -2.47. The lowest BCUT2D eigenvalue weighted by Gasteiger charge is -2.27. The molecule has 2 saturated heterocycles. The molecule has 2 amide bonds. The van der Waals surface area contributed by atoms with Crippen molar-refractivity contribution >= 4 is 21.7 Å². The Bertz CT molecular complexity index is 422. The molecule has 2 aliphatic rings. The Morgan fingerprint density at radius 3 is 2.44 bits per heavy atom. The van der Waals surface area contributed by atoms with E-state index in [4.69, 9.17) is 0 Å². The number of rotatable bonds is 2. The van der Waals surface area contributed by atoms with Crippen LogP contribution < -0.4 is 10.6 Å². The van der Waals surface area contributed by atoms with Gasteiger partial charge in [-0.25, -0.2) is 8.42 Å². The molecule has 2 heterocycles. The first-order valence-corrected chi connectivity index (χ1v) is 8.06. The average Bonchev–Trinajstić information content (AvgIpc) is 2.33. The fraction of sp³-hybridized carbons (Fsp3) is 0.818. The van der Waals surface area contributed by atoms with Gasteiger partial charge in [0, 0.05) is 19.0 Å². The number of piperidine rings is 1. The normalized spacial score (nSPS) is 28.4. The summed E-state index contributed by atoms with van der Waals surface area (Å²) >= 11 is 0. The quantitative estimate of drug-likeness (QED) is 0.690. The molecule has 0 aromatic carbocycles. The number of sulfone groups is 1. The van der Waals surface area contributed by atoms with E-state index >= 15 is 0 Å². The van der Waals surface area contributed by atoms with Gasteiger partial charge >= 0.3 is 0 Å². The molecule has 0 aromatic rings. The summed E-state index contributed by atoms with van der Waals surface area (Å²) in [6.07, 6.45) is 1.94. The Morgan fingerprint density at radius 1 is 1.22 bits per heavy atom. The van der Waals surface area contributed by atoms with Crippen LogP contribution in [-0.2, 0) is 19.4 Å². The molecule has 2 N–H and O–H groups in total. The van der Waals surface area contributed by atoms with Gasteiger partial charge in [0.1, 0.15) is 9.84 Å². The third-order valence-corrected chi connectivity index (χ3v) is 5.25. The summed E-state index contributed by atoms with van der Waals surface area (Å²) in [6, 6.07) is -0.0429. The van der Waals surface area contributed by atoms with Crippen LogP contribution in [0.15, 0.2) is 0 Å². The minimum atomic E-state index is -2.89. The van der Waals surface area contributed by atoms with E-state index in [9.17, 15) is 18.0 Å². The van der Waals surface area contributed by atoms with Gasteiger partial charge in [-0.15, -0.1) is 0 Å². The second-order valence-corrected chi connectivity index (χ2v) is 7.28. The van der Waals surface area contributed by atoms with Gasteiger partial charge in [0.25, 0.3) is 0 Å². The largest absolute Gasteiger partial charge is 0.355 e. The highest BCUT2D eigenvalue weighted by atomic mass is 32.2. The Morgan fingerprint density at radius 2 is 1.89 bits per heavy atom. The lowest BCUT2D eigenvalue weighted by atomic mass is 9.97. The zero-order chi connectivity index (χ0) is 13.2. The van der Waals surface area contributed by atoms with Crippen molar-refractivity contribution in [1.29, 1.82) is 0 Å². The van der Waals surface area contributed by atoms with Gasteiger partial charge in [0.15, 0.2) is 0 Å². The minimum Gasteiger partial charge on any atom is -0.355 e. The zero-order valence-corrected chi connectivity index (χ0v) is 11.0. The molecule has 0 spiro atoms. The summed E-state index contributed by atoms with van der Waals surface area (Å²) in [6.45, 7) is 0.385. The molecule has 2 aliphatic heterocycles. The molecule has 7 heteroatoms. The summed E-state index contributed by atoms with van der Waals surface area (Å²) in [7, 11) is -2.89. The number of nitrogens with one attached hydrogen (secondary N) is 2. The van der Waals surface area contributed by atoms with Crippen molar-refractivity contribution in [2.45, 2.75) is 31.7 Å². The highest BCUT2D eigenvalue weighted by molar-refractivity contribution is 7.91. The van der Waals surface area contributed by atoms with Crippen LogP contribution in [0.5, 0.6) is 0 Å². The Kier molecular flexibility index (Phi) is 3.89. The summed E-state index contributed by atoms with van der Waals surface area (Å²) in [5.41, 5.74) is 0. The van der Waals surface area contributed by atoms with Gasteiger partial charge in [0.2, 0.25) is 11.8 Å². The van der Waals surface area contributed by atoms with Crippen LogP contribution in [0.25, 0.3) is 0 Å². The fourth-order valence-corrected chi connectivity index (χ4v) is 3.80. The topological polar surface area (TPSA) is 92.3 Å². The van der Waals surface area contributed by atoms with Crippen LogP contribution in [0.2, 0.25) is 0 Å². The molecule has 0 aliphatic carbocycles. The van der Waals surface area contributed by atoms with Crippen LogP contribution in [0, 0.1) is 5.92 Å². The highest BCUT2D eigenvalue weighted by Crippen LogP contribution is 2.15. The highest BCUT2D eigenvalue weighted by Gasteiger charge is 2.29. The van der Waals surface area contributed by atoms with E-state index in [0.29, 0.717) is 32.2 Å². The first kappa shape index (κ1) is 13.3. The fourth-order valence-electron chi connectivity index (χ4n) is 2.31. The van der Waals surface area contributed by atoms with E-state index in [2.05, 4.69) is 10.6 Å². The maximum atomic E-state index is 11.9. The van der Waals surface area contributed by atoms with Gasteiger partial charge in [-0.3, -0.25) is 9.59 Å². The van der Waals surface area contributed by atoms with Crippen molar-refractivity contribution < 1.29 is 18.0 Å². The standard InChI is InChI=1S/C11H18N2O4S/c14-10-2-1-8(7-12-10)11(15)13-9-3-5-18(16,17)6-4-9/h8-9H,1-7H2,(H,12,14)(H,13,15). The summed E-state index contributed by atoms with van der Waals surface area (Å²) in [5, 5.41) is 5.55. The van der Waals surface area contributed by atoms with Gasteiger partial charge in [-0.05, 0) is 19.3 Å². The molecule has 0 radical (unpaired) electrons. The third-order valence-electron chi connectivity index (χ3n) is 3.54. The van der Waals surface area contributed by atoms with E-state index in [1.165, 1.54) is 0 Å². The number of hydrogen-bond acceptors (Lipinski definition) is 4. The second kappa shape index (κ2) is 5.26. The van der Waals surface area contributed by atoms with Crippen molar-refractivity contribution in [3.05, 3.63) is 0 Å². The molecule has 6 nitrogen and oxygen atoms in total. The molecule has 2 fully saturated rings. The van der Waals surface area contributed by atoms with E-state index in [1.54, 1.807) is 0 Å². The van der Waals surface area contributed by atoms with Crippen LogP contribution in [0.1, 0.15) is 25.7 Å². The van der Waals surface area contributed by atoms with Gasteiger partial charge in [-0.1, -0.05) is 0 Å². The molecule has 1 atom stereocenters. The summed E-state index contributed by atoms with van der Waals surface area (Å²) < 4.78 is 22.5. The second-order valence-electron chi connectivity index (χ2n) is 4.97. The van der Waals surface area contributed by atoms with E-state index in [1.807, 2.05) is 0 Å². The maximum absolute atomic E-state index is 11.9. The van der Waals surface area contributed by atoms with Crippen molar-refractivity contribution in [3.8, 4) is 0 Å². The van der Waals surface area contributed by atoms with Crippen LogP contribution in [-0.4, -0.2) is 44.3 Å². The number of carbonyl (C=O) groups is 2. The lowest BCUT2D eigenvalue weighted by molar-refractivity contribution is -0.129. The first-order valence-electron chi connectivity index (χ1n) is 6.24. The molecule has 102 valence electrons. The zero-order valence-electron chi connectivity index (χ0n) is 10.1. The number of amides is 2. The first-order chi connectivity index (χ1) is 8.46. The number of hydrogen-bond donors (Lipinski definition) is 2. The van der Waals surface area contributed by atoms with Crippen molar-refractivity contribution in [3.63, 3.8) is 0 Å². The van der Waals surface area contributed by atoms with Crippen LogP contribution >= 0.6 is 0 Å². The van der Waals surface area contributed by atoms with Crippen molar-refractivity contribution in [1.82, 2.24) is 10.6 Å². The summed E-state index contributed by atoms with van der Waals surface area (Å²) in [5.74, 6) is 0.0435. The van der Waals surface area contributed by atoms with Gasteiger partial charge in [0.05, 0.1) is 17.4 Å². The minimum absolute atomic E-state index is 0.0113. The van der Waals surface area contributed by atoms with E-state index in [0.717, 1.165) is 0 Å². The Hall–Kier alpha value is -1.11. The maximum Gasteiger partial charge on any atom is 0.225 e. The van der Waals surface area contributed by atoms with Gasteiger partial charge in [-0.2, -0.15) is 0 Å². The molecule has 0 aromatic heterocycles. The summed E-state index contributed by atoms with van der Waals surface area (Å²) in [4.78, 5) is 22.9. The molecule has 0 saturated carbocycles. The SMILES string of the molecule is O=C1CCC(C(=O)NC2CCS(=O)(=O)CC2)CN1. The predicted molar refractivity (Wildman–Crippen MR) is 65.6 cm³/mol. The molecule has 2 rings (SSSR count). The Balaban J connectivity index is 1.80. The number of carbonyl (C=O) groups excluding carboxylic acids is 2. The third kappa shape index (κ3) is 3.44. The van der Waals surface area contributed by atoms with Crippen LogP contribution in [0.4, 0.5) is 0 Å². The monoisotopic (exact) mass is 274 g/mol. The van der Waals surface area contributed by atoms with E-state index in [-0.39, 0.29) is 35.3 Å². The molecule has 0 bridgehead atoms. The average molecular weight is 274 g/mol. The van der Waals surface area contributed by atoms with Crippen molar-refractivity contribution in [2.24, 2.45) is 5.92 Å².